The molecule has 0 spiro atoms. The van der Waals surface area contributed by atoms with Gasteiger partial charge in [0.05, 0.1) is 11.1 Å². The van der Waals surface area contributed by atoms with Gasteiger partial charge in [-0.05, 0) is 83.9 Å². The lowest BCUT2D eigenvalue weighted by molar-refractivity contribution is 0.104. The van der Waals surface area contributed by atoms with Crippen LogP contribution in [0.3, 0.4) is 0 Å². The molecule has 9 heteroatoms. The van der Waals surface area contributed by atoms with Gasteiger partial charge >= 0.3 is 0 Å². The lowest BCUT2D eigenvalue weighted by atomic mass is 10.00. The Balaban J connectivity index is 1.36. The maximum absolute atomic E-state index is 14.9. The Morgan fingerprint density at radius 1 is 0.479 bits per heavy atom. The van der Waals surface area contributed by atoms with Crippen LogP contribution < -0.4 is 0 Å². The van der Waals surface area contributed by atoms with Crippen LogP contribution >= 0.6 is 46.4 Å². The van der Waals surface area contributed by atoms with Gasteiger partial charge in [-0.2, -0.15) is 0 Å². The fourth-order valence-electron chi connectivity index (χ4n) is 5.97. The van der Waals surface area contributed by atoms with E-state index >= 15 is 0 Å². The van der Waals surface area contributed by atoms with Crippen molar-refractivity contribution in [1.29, 1.82) is 0 Å². The second-order valence-corrected chi connectivity index (χ2v) is 13.1. The number of hydrogen-bond donors (Lipinski definition) is 0. The van der Waals surface area contributed by atoms with Crippen LogP contribution in [0.25, 0.3) is 55.7 Å². The van der Waals surface area contributed by atoms with Crippen molar-refractivity contribution >= 4 is 74.3 Å². The molecule has 8 aromatic rings. The molecule has 0 bridgehead atoms. The number of fused-ring (bicyclic) bond motifs is 2. The zero-order valence-electron chi connectivity index (χ0n) is 24.9. The van der Waals surface area contributed by atoms with Crippen molar-refractivity contribution in [3.63, 3.8) is 0 Å². The highest BCUT2D eigenvalue weighted by Gasteiger charge is 2.24. The number of pyridine rings is 2. The molecule has 0 amide bonds. The van der Waals surface area contributed by atoms with Crippen molar-refractivity contribution in [1.82, 2.24) is 19.1 Å². The van der Waals surface area contributed by atoms with Crippen LogP contribution in [0.1, 0.15) is 15.9 Å². The lowest BCUT2D eigenvalue weighted by Crippen LogP contribution is -2.00. The molecule has 0 atom stereocenters. The molecule has 5 nitrogen and oxygen atoms in total. The maximum atomic E-state index is 14.9. The molecular formula is C39H22Cl4N4O. The number of aromatic nitrogens is 4. The summed E-state index contributed by atoms with van der Waals surface area (Å²) < 4.78 is 3.79. The molecule has 8 rings (SSSR count). The average Bonchev–Trinajstić information content (AvgIpc) is 3.67. The summed E-state index contributed by atoms with van der Waals surface area (Å²) in [5.41, 5.74) is 7.33. The number of carbonyl (C=O) groups excluding carboxylic acids is 1. The van der Waals surface area contributed by atoms with E-state index in [1.807, 2.05) is 131 Å². The number of rotatable bonds is 6. The van der Waals surface area contributed by atoms with Gasteiger partial charge in [0.1, 0.15) is 11.3 Å². The van der Waals surface area contributed by atoms with Gasteiger partial charge < -0.3 is 9.13 Å². The van der Waals surface area contributed by atoms with Gasteiger partial charge in [0.15, 0.2) is 5.78 Å². The molecule has 0 unspecified atom stereocenters. The van der Waals surface area contributed by atoms with Gasteiger partial charge in [0, 0.05) is 78.2 Å². The normalized spacial score (nSPS) is 11.4. The standard InChI is InChI=1S/C39H22Cl4N4O/c40-27-11-7-23(8-12-27)25-15-33-35(21-46(38(33)44-19-25)31-5-1-3-29(42)17-31)37(48)36-22-47(32-6-2-4-30(43)18-32)39-34(36)16-26(20-45-39)24-9-13-28(41)14-10-24/h1-22H. The average molecular weight is 704 g/mol. The van der Waals surface area contributed by atoms with Gasteiger partial charge in [-0.1, -0.05) is 82.8 Å². The Bertz CT molecular complexity index is 2340. The molecule has 0 aliphatic carbocycles. The second kappa shape index (κ2) is 12.3. The molecule has 48 heavy (non-hydrogen) atoms. The quantitative estimate of drug-likeness (QED) is 0.162. The van der Waals surface area contributed by atoms with Gasteiger partial charge in [-0.15, -0.1) is 0 Å². The van der Waals surface area contributed by atoms with Crippen molar-refractivity contribution in [2.75, 3.05) is 0 Å². The van der Waals surface area contributed by atoms with Gasteiger partial charge in [0.25, 0.3) is 0 Å². The minimum atomic E-state index is -0.184. The molecule has 232 valence electrons. The highest BCUT2D eigenvalue weighted by atomic mass is 35.5. The Hall–Kier alpha value is -4.91. The Labute approximate surface area is 295 Å². The predicted molar refractivity (Wildman–Crippen MR) is 196 cm³/mol. The summed E-state index contributed by atoms with van der Waals surface area (Å²) in [6.07, 6.45) is 7.26. The highest BCUT2D eigenvalue weighted by Crippen LogP contribution is 2.35. The van der Waals surface area contributed by atoms with E-state index in [1.54, 1.807) is 12.4 Å². The van der Waals surface area contributed by atoms with Crippen LogP contribution in [0, 0.1) is 0 Å². The fraction of sp³-hybridized carbons (Fsp3) is 0. The summed E-state index contributed by atoms with van der Waals surface area (Å²) in [5, 5.41) is 3.81. The number of benzene rings is 4. The van der Waals surface area contributed by atoms with Crippen LogP contribution in [0.2, 0.25) is 20.1 Å². The van der Waals surface area contributed by atoms with Crippen LogP contribution in [0.15, 0.2) is 134 Å². The molecule has 0 saturated heterocycles. The number of carbonyl (C=O) groups is 1. The van der Waals surface area contributed by atoms with E-state index in [0.29, 0.717) is 53.3 Å². The number of halogens is 4. The summed E-state index contributed by atoms with van der Waals surface area (Å²) in [4.78, 5) is 24.6. The van der Waals surface area contributed by atoms with Crippen molar-refractivity contribution in [2.45, 2.75) is 0 Å². The van der Waals surface area contributed by atoms with Crippen molar-refractivity contribution in [3.05, 3.63) is 165 Å². The first-order valence-electron chi connectivity index (χ1n) is 14.9. The molecule has 0 radical (unpaired) electrons. The van der Waals surface area contributed by atoms with Gasteiger partial charge in [0.2, 0.25) is 0 Å². The van der Waals surface area contributed by atoms with Crippen LogP contribution in [-0.2, 0) is 0 Å². The summed E-state index contributed by atoms with van der Waals surface area (Å²) in [7, 11) is 0. The summed E-state index contributed by atoms with van der Waals surface area (Å²) in [6.45, 7) is 0. The Morgan fingerprint density at radius 3 is 1.29 bits per heavy atom. The number of hydrogen-bond acceptors (Lipinski definition) is 3. The first-order valence-corrected chi connectivity index (χ1v) is 16.4. The molecule has 4 heterocycles. The first-order chi connectivity index (χ1) is 23.3. The van der Waals surface area contributed by atoms with Crippen molar-refractivity contribution < 1.29 is 4.79 Å². The Morgan fingerprint density at radius 2 is 0.896 bits per heavy atom. The highest BCUT2D eigenvalue weighted by molar-refractivity contribution is 6.31. The third-order valence-electron chi connectivity index (χ3n) is 8.30. The molecule has 0 aliphatic rings. The molecule has 0 saturated carbocycles. The summed E-state index contributed by atoms with van der Waals surface area (Å²) in [6, 6.07) is 34.0. The molecule has 0 aliphatic heterocycles. The summed E-state index contributed by atoms with van der Waals surface area (Å²) >= 11 is 25.2. The molecule has 0 N–H and O–H groups in total. The summed E-state index contributed by atoms with van der Waals surface area (Å²) in [5.74, 6) is -0.184. The van der Waals surface area contributed by atoms with E-state index in [4.69, 9.17) is 56.4 Å². The topological polar surface area (TPSA) is 52.7 Å². The third-order valence-corrected chi connectivity index (χ3v) is 9.28. The minimum Gasteiger partial charge on any atom is -0.301 e. The third kappa shape index (κ3) is 5.55. The monoisotopic (exact) mass is 702 g/mol. The van der Waals surface area contributed by atoms with E-state index in [1.165, 1.54) is 0 Å². The molecule has 0 fully saturated rings. The van der Waals surface area contributed by atoms with E-state index < -0.39 is 0 Å². The second-order valence-electron chi connectivity index (χ2n) is 11.3. The van der Waals surface area contributed by atoms with Crippen molar-refractivity contribution in [2.24, 2.45) is 0 Å². The maximum Gasteiger partial charge on any atom is 0.197 e. The van der Waals surface area contributed by atoms with E-state index in [9.17, 15) is 4.79 Å². The van der Waals surface area contributed by atoms with Crippen LogP contribution in [0.4, 0.5) is 0 Å². The van der Waals surface area contributed by atoms with Gasteiger partial charge in [-0.25, -0.2) is 9.97 Å². The van der Waals surface area contributed by atoms with E-state index in [0.717, 1.165) is 33.6 Å². The smallest absolute Gasteiger partial charge is 0.197 e. The first kappa shape index (κ1) is 30.4. The van der Waals surface area contributed by atoms with E-state index in [2.05, 4.69) is 0 Å². The van der Waals surface area contributed by atoms with Crippen LogP contribution in [-0.4, -0.2) is 24.9 Å². The van der Waals surface area contributed by atoms with Crippen LogP contribution in [0.5, 0.6) is 0 Å². The largest absolute Gasteiger partial charge is 0.301 e. The molecular weight excluding hydrogens is 682 g/mol. The zero-order chi connectivity index (χ0) is 32.9. The zero-order valence-corrected chi connectivity index (χ0v) is 27.9. The molecule has 4 aromatic heterocycles. The van der Waals surface area contributed by atoms with Crippen molar-refractivity contribution in [3.8, 4) is 33.6 Å². The minimum absolute atomic E-state index is 0.184. The fourth-order valence-corrected chi connectivity index (χ4v) is 6.59. The van der Waals surface area contributed by atoms with Gasteiger partial charge in [-0.3, -0.25) is 4.79 Å². The number of ketones is 1. The number of nitrogens with zero attached hydrogens (tertiary/aromatic N) is 4. The van der Waals surface area contributed by atoms with E-state index in [-0.39, 0.29) is 5.78 Å². The predicted octanol–water partition coefficient (Wildman–Crippen LogP) is 11.5. The lowest BCUT2D eigenvalue weighted by Gasteiger charge is -2.06. The Kier molecular flexibility index (Phi) is 7.78. The molecule has 4 aromatic carbocycles. The SMILES string of the molecule is O=C(c1cn(-c2cccc(Cl)c2)c2ncc(-c3ccc(Cl)cc3)cc12)c1cn(-c2cccc(Cl)c2)c2ncc(-c3ccc(Cl)cc3)cc12.